The van der Waals surface area contributed by atoms with Crippen LogP contribution < -0.4 is 5.73 Å². The molecule has 0 aliphatic heterocycles. The first-order chi connectivity index (χ1) is 8.58. The molecule has 5 nitrogen and oxygen atoms in total. The highest BCUT2D eigenvalue weighted by Gasteiger charge is 2.37. The third-order valence-corrected chi connectivity index (χ3v) is 3.39. The van der Waals surface area contributed by atoms with Gasteiger partial charge in [0.25, 0.3) is 0 Å². The summed E-state index contributed by atoms with van der Waals surface area (Å²) >= 11 is 0. The Balaban J connectivity index is 2.81. The zero-order valence-corrected chi connectivity index (χ0v) is 11.6. The summed E-state index contributed by atoms with van der Waals surface area (Å²) in [4.78, 5) is 6.15. The molecule has 0 aliphatic rings. The molecule has 18 heavy (non-hydrogen) atoms. The molecule has 5 heteroatoms. The van der Waals surface area contributed by atoms with Crippen LogP contribution in [0.4, 0.5) is 0 Å². The Kier molecular flexibility index (Phi) is 5.68. The van der Waals surface area contributed by atoms with Crippen LogP contribution in [-0.4, -0.2) is 49.5 Å². The summed E-state index contributed by atoms with van der Waals surface area (Å²) in [7, 11) is 5.27. The van der Waals surface area contributed by atoms with Gasteiger partial charge >= 0.3 is 0 Å². The summed E-state index contributed by atoms with van der Waals surface area (Å²) in [5.74, 6) is 0. The van der Waals surface area contributed by atoms with Gasteiger partial charge in [-0.2, -0.15) is 0 Å². The molecule has 1 aromatic heterocycles. The maximum absolute atomic E-state index is 5.90. The molecule has 0 saturated carbocycles. The Labute approximate surface area is 109 Å². The van der Waals surface area contributed by atoms with E-state index in [1.54, 1.807) is 26.6 Å². The van der Waals surface area contributed by atoms with E-state index in [1.165, 1.54) is 5.56 Å². The SMILES string of the molecule is COC(OC)C(C)(CN)N(C)Cc1ccncc1. The minimum atomic E-state index is -0.382. The number of aromatic nitrogens is 1. The zero-order valence-electron chi connectivity index (χ0n) is 11.6. The summed E-state index contributed by atoms with van der Waals surface area (Å²) in [6.07, 6.45) is 3.20. The second-order valence-electron chi connectivity index (χ2n) is 4.58. The van der Waals surface area contributed by atoms with Crippen molar-refractivity contribution in [3.8, 4) is 0 Å². The summed E-state index contributed by atoms with van der Waals surface area (Å²) in [5, 5.41) is 0. The van der Waals surface area contributed by atoms with Crippen molar-refractivity contribution in [2.75, 3.05) is 27.8 Å². The minimum Gasteiger partial charge on any atom is -0.354 e. The highest BCUT2D eigenvalue weighted by atomic mass is 16.7. The fourth-order valence-electron chi connectivity index (χ4n) is 1.98. The van der Waals surface area contributed by atoms with E-state index < -0.39 is 0 Å². The van der Waals surface area contributed by atoms with E-state index in [2.05, 4.69) is 9.88 Å². The minimum absolute atomic E-state index is 0.366. The molecule has 102 valence electrons. The van der Waals surface area contributed by atoms with Gasteiger partial charge < -0.3 is 15.2 Å². The second kappa shape index (κ2) is 6.80. The predicted molar refractivity (Wildman–Crippen MR) is 71.0 cm³/mol. The largest absolute Gasteiger partial charge is 0.354 e. The van der Waals surface area contributed by atoms with Crippen LogP contribution in [0.25, 0.3) is 0 Å². The topological polar surface area (TPSA) is 60.6 Å². The second-order valence-corrected chi connectivity index (χ2v) is 4.58. The van der Waals surface area contributed by atoms with Gasteiger partial charge in [-0.15, -0.1) is 0 Å². The molecule has 1 atom stereocenters. The Hall–Kier alpha value is -1.01. The number of pyridine rings is 1. The van der Waals surface area contributed by atoms with Gasteiger partial charge in [-0.25, -0.2) is 0 Å². The molecule has 0 aliphatic carbocycles. The fourth-order valence-corrected chi connectivity index (χ4v) is 1.98. The van der Waals surface area contributed by atoms with E-state index >= 15 is 0 Å². The Morgan fingerprint density at radius 3 is 2.33 bits per heavy atom. The van der Waals surface area contributed by atoms with Crippen molar-refractivity contribution < 1.29 is 9.47 Å². The molecule has 0 amide bonds. The molecular weight excluding hydrogens is 230 g/mol. The van der Waals surface area contributed by atoms with Gasteiger partial charge in [0.15, 0.2) is 6.29 Å². The number of hydrogen-bond donors (Lipinski definition) is 1. The van der Waals surface area contributed by atoms with Crippen molar-refractivity contribution in [2.45, 2.75) is 25.3 Å². The van der Waals surface area contributed by atoms with E-state index in [9.17, 15) is 0 Å². The molecule has 1 aromatic rings. The molecule has 2 N–H and O–H groups in total. The number of methoxy groups -OCH3 is 2. The molecule has 0 aromatic carbocycles. The lowest BCUT2D eigenvalue weighted by Gasteiger charge is -2.42. The molecule has 0 bridgehead atoms. The van der Waals surface area contributed by atoms with Gasteiger partial charge in [0.05, 0.1) is 5.54 Å². The predicted octanol–water partition coefficient (Wildman–Crippen LogP) is 0.850. The van der Waals surface area contributed by atoms with Crippen LogP contribution >= 0.6 is 0 Å². The first-order valence-corrected chi connectivity index (χ1v) is 5.94. The number of hydrogen-bond acceptors (Lipinski definition) is 5. The monoisotopic (exact) mass is 253 g/mol. The van der Waals surface area contributed by atoms with E-state index in [4.69, 9.17) is 15.2 Å². The number of likely N-dealkylation sites (N-methyl/N-ethyl adjacent to an activating group) is 1. The lowest BCUT2D eigenvalue weighted by molar-refractivity contribution is -0.178. The highest BCUT2D eigenvalue weighted by Crippen LogP contribution is 2.22. The third kappa shape index (κ3) is 3.26. The van der Waals surface area contributed by atoms with E-state index in [-0.39, 0.29) is 11.8 Å². The van der Waals surface area contributed by atoms with Crippen LogP contribution in [0.15, 0.2) is 24.5 Å². The van der Waals surface area contributed by atoms with Crippen molar-refractivity contribution in [3.63, 3.8) is 0 Å². The van der Waals surface area contributed by atoms with Gasteiger partial charge in [0.2, 0.25) is 0 Å². The van der Waals surface area contributed by atoms with Gasteiger partial charge in [-0.1, -0.05) is 0 Å². The molecule has 1 rings (SSSR count). The highest BCUT2D eigenvalue weighted by molar-refractivity contribution is 5.10. The van der Waals surface area contributed by atoms with E-state index in [0.29, 0.717) is 6.54 Å². The van der Waals surface area contributed by atoms with Gasteiger partial charge in [-0.05, 0) is 31.7 Å². The average molecular weight is 253 g/mol. The smallest absolute Gasteiger partial charge is 0.176 e. The van der Waals surface area contributed by atoms with Crippen molar-refractivity contribution >= 4 is 0 Å². The Morgan fingerprint density at radius 2 is 1.89 bits per heavy atom. The van der Waals surface area contributed by atoms with E-state index in [0.717, 1.165) is 6.54 Å². The van der Waals surface area contributed by atoms with Gasteiger partial charge in [0, 0.05) is 39.7 Å². The van der Waals surface area contributed by atoms with Crippen molar-refractivity contribution in [3.05, 3.63) is 30.1 Å². The lowest BCUT2D eigenvalue weighted by atomic mass is 9.99. The Bertz CT molecular complexity index is 343. The van der Waals surface area contributed by atoms with Crippen LogP contribution in [-0.2, 0) is 16.0 Å². The average Bonchev–Trinajstić information content (AvgIpc) is 2.40. The molecule has 1 unspecified atom stereocenters. The van der Waals surface area contributed by atoms with Crippen LogP contribution in [0.1, 0.15) is 12.5 Å². The van der Waals surface area contributed by atoms with Crippen molar-refractivity contribution in [1.82, 2.24) is 9.88 Å². The lowest BCUT2D eigenvalue weighted by Crippen LogP contribution is -2.58. The molecular formula is C13H23N3O2. The number of nitrogens with zero attached hydrogens (tertiary/aromatic N) is 2. The van der Waals surface area contributed by atoms with Crippen LogP contribution in [0.3, 0.4) is 0 Å². The van der Waals surface area contributed by atoms with Crippen LogP contribution in [0, 0.1) is 0 Å². The maximum Gasteiger partial charge on any atom is 0.176 e. The first-order valence-electron chi connectivity index (χ1n) is 5.94. The van der Waals surface area contributed by atoms with E-state index in [1.807, 2.05) is 26.1 Å². The van der Waals surface area contributed by atoms with Gasteiger partial charge in [-0.3, -0.25) is 9.88 Å². The molecule has 0 spiro atoms. The molecule has 0 radical (unpaired) electrons. The summed E-state index contributed by atoms with van der Waals surface area (Å²) in [6, 6.07) is 3.98. The van der Waals surface area contributed by atoms with Crippen LogP contribution in [0.5, 0.6) is 0 Å². The normalized spacial score (nSPS) is 15.1. The zero-order chi connectivity index (χ0) is 13.6. The number of nitrogens with two attached hydrogens (primary N) is 1. The summed E-state index contributed by atoms with van der Waals surface area (Å²) < 4.78 is 10.7. The van der Waals surface area contributed by atoms with Crippen molar-refractivity contribution in [1.29, 1.82) is 0 Å². The number of ether oxygens (including phenoxy) is 2. The van der Waals surface area contributed by atoms with Gasteiger partial charge in [0.1, 0.15) is 0 Å². The summed E-state index contributed by atoms with van der Waals surface area (Å²) in [6.45, 7) is 3.24. The third-order valence-electron chi connectivity index (χ3n) is 3.39. The molecule has 0 saturated heterocycles. The molecule has 0 fully saturated rings. The fraction of sp³-hybridized carbons (Fsp3) is 0.615. The quantitative estimate of drug-likeness (QED) is 0.730. The van der Waals surface area contributed by atoms with Crippen molar-refractivity contribution in [2.24, 2.45) is 5.73 Å². The Morgan fingerprint density at radius 1 is 1.33 bits per heavy atom. The van der Waals surface area contributed by atoms with Crippen LogP contribution in [0.2, 0.25) is 0 Å². The summed E-state index contributed by atoms with van der Waals surface area (Å²) in [5.41, 5.74) is 6.70. The number of rotatable bonds is 7. The first kappa shape index (κ1) is 15.0. The standard InChI is InChI=1S/C13H23N3O2/c1-13(10-14,12(17-3)18-4)16(2)9-11-5-7-15-8-6-11/h5-8,12H,9-10,14H2,1-4H3. The maximum atomic E-state index is 5.90. The molecule has 1 heterocycles.